The van der Waals surface area contributed by atoms with Crippen LogP contribution in [0.2, 0.25) is 0 Å². The Balaban J connectivity index is 1.87. The number of fused-ring (bicyclic) bond motifs is 1. The number of aromatic nitrogens is 1. The smallest absolute Gasteiger partial charge is 0.231 e. The van der Waals surface area contributed by atoms with E-state index in [4.69, 9.17) is 0 Å². The van der Waals surface area contributed by atoms with Gasteiger partial charge in [-0.1, -0.05) is 12.1 Å². The van der Waals surface area contributed by atoms with Gasteiger partial charge in [-0.2, -0.15) is 0 Å². The standard InChI is InChI=1S/C16H16N2O2/c19-14-5-1-3-13-4-2-10-18(16(13)14)15(20)11-12-6-8-17-9-7-12/h1,3,5-9,19H,2,4,10-11H2. The number of benzene rings is 1. The minimum absolute atomic E-state index is 0.0126. The molecule has 4 nitrogen and oxygen atoms in total. The van der Waals surface area contributed by atoms with Crippen molar-refractivity contribution in [1.82, 2.24) is 4.98 Å². The Kier molecular flexibility index (Phi) is 3.37. The summed E-state index contributed by atoms with van der Waals surface area (Å²) in [4.78, 5) is 18.1. The van der Waals surface area contributed by atoms with Crippen LogP contribution in [0.3, 0.4) is 0 Å². The van der Waals surface area contributed by atoms with Crippen LogP contribution in [-0.2, 0) is 17.6 Å². The summed E-state index contributed by atoms with van der Waals surface area (Å²) >= 11 is 0. The van der Waals surface area contributed by atoms with E-state index in [-0.39, 0.29) is 11.7 Å². The summed E-state index contributed by atoms with van der Waals surface area (Å²) in [5.74, 6) is 0.198. The van der Waals surface area contributed by atoms with Crippen molar-refractivity contribution in [3.05, 3.63) is 53.9 Å². The number of aromatic hydroxyl groups is 1. The lowest BCUT2D eigenvalue weighted by Crippen LogP contribution is -2.36. The summed E-state index contributed by atoms with van der Waals surface area (Å²) in [5, 5.41) is 10.0. The predicted octanol–water partition coefficient (Wildman–Crippen LogP) is 2.31. The van der Waals surface area contributed by atoms with E-state index in [1.807, 2.05) is 24.3 Å². The Hall–Kier alpha value is -2.36. The zero-order chi connectivity index (χ0) is 13.9. The molecule has 102 valence electrons. The number of amides is 1. The number of carbonyl (C=O) groups is 1. The molecule has 0 bridgehead atoms. The van der Waals surface area contributed by atoms with E-state index in [0.717, 1.165) is 24.0 Å². The molecule has 3 rings (SSSR count). The monoisotopic (exact) mass is 268 g/mol. The third kappa shape index (κ3) is 2.37. The van der Waals surface area contributed by atoms with E-state index in [1.165, 1.54) is 0 Å². The van der Waals surface area contributed by atoms with E-state index in [0.29, 0.717) is 18.7 Å². The molecule has 0 unspecified atom stereocenters. The number of para-hydroxylation sites is 1. The highest BCUT2D eigenvalue weighted by molar-refractivity contribution is 5.97. The largest absolute Gasteiger partial charge is 0.506 e. The average Bonchev–Trinajstić information content (AvgIpc) is 2.48. The zero-order valence-corrected chi connectivity index (χ0v) is 11.1. The molecule has 0 spiro atoms. The van der Waals surface area contributed by atoms with Gasteiger partial charge >= 0.3 is 0 Å². The van der Waals surface area contributed by atoms with Crippen molar-refractivity contribution in [2.45, 2.75) is 19.3 Å². The predicted molar refractivity (Wildman–Crippen MR) is 76.7 cm³/mol. The molecule has 1 aromatic heterocycles. The summed E-state index contributed by atoms with van der Waals surface area (Å²) in [6, 6.07) is 9.12. The van der Waals surface area contributed by atoms with Crippen LogP contribution in [0.15, 0.2) is 42.7 Å². The molecule has 1 N–H and O–H groups in total. The number of hydrogen-bond donors (Lipinski definition) is 1. The second-order valence-corrected chi connectivity index (χ2v) is 4.97. The van der Waals surface area contributed by atoms with Crippen LogP contribution >= 0.6 is 0 Å². The maximum Gasteiger partial charge on any atom is 0.231 e. The normalized spacial score (nSPS) is 13.9. The molecule has 0 aliphatic carbocycles. The SMILES string of the molecule is O=C(Cc1ccncc1)N1CCCc2cccc(O)c21. The summed E-state index contributed by atoms with van der Waals surface area (Å²) < 4.78 is 0. The minimum atomic E-state index is 0.0126. The van der Waals surface area contributed by atoms with Crippen molar-refractivity contribution in [1.29, 1.82) is 0 Å². The number of anilines is 1. The highest BCUT2D eigenvalue weighted by Gasteiger charge is 2.25. The molecule has 1 aliphatic rings. The number of pyridine rings is 1. The number of carbonyl (C=O) groups excluding carboxylic acids is 1. The third-order valence-electron chi connectivity index (χ3n) is 3.60. The van der Waals surface area contributed by atoms with E-state index >= 15 is 0 Å². The molecular formula is C16H16N2O2. The highest BCUT2D eigenvalue weighted by atomic mass is 16.3. The lowest BCUT2D eigenvalue weighted by Gasteiger charge is -2.30. The molecule has 2 heterocycles. The van der Waals surface area contributed by atoms with Crippen molar-refractivity contribution in [3.8, 4) is 5.75 Å². The number of phenolic OH excluding ortho intramolecular Hbond substituents is 1. The summed E-state index contributed by atoms with van der Waals surface area (Å²) in [6.07, 6.45) is 5.53. The van der Waals surface area contributed by atoms with Gasteiger partial charge in [0.05, 0.1) is 12.1 Å². The topological polar surface area (TPSA) is 53.4 Å². The molecule has 0 radical (unpaired) electrons. The maximum absolute atomic E-state index is 12.5. The molecule has 1 aromatic carbocycles. The van der Waals surface area contributed by atoms with Crippen LogP contribution < -0.4 is 4.90 Å². The second kappa shape index (κ2) is 5.33. The van der Waals surface area contributed by atoms with Crippen molar-refractivity contribution < 1.29 is 9.90 Å². The summed E-state index contributed by atoms with van der Waals surface area (Å²) in [7, 11) is 0. The van der Waals surface area contributed by atoms with Crippen molar-refractivity contribution >= 4 is 11.6 Å². The number of nitrogens with zero attached hydrogens (tertiary/aromatic N) is 2. The molecule has 4 heteroatoms. The van der Waals surface area contributed by atoms with Gasteiger partial charge in [0.25, 0.3) is 0 Å². The minimum Gasteiger partial charge on any atom is -0.506 e. The molecule has 0 saturated heterocycles. The van der Waals surface area contributed by atoms with Gasteiger partial charge < -0.3 is 10.0 Å². The Morgan fingerprint density at radius 1 is 1.25 bits per heavy atom. The lowest BCUT2D eigenvalue weighted by molar-refractivity contribution is -0.118. The summed E-state index contributed by atoms with van der Waals surface area (Å²) in [5.41, 5.74) is 2.66. The van der Waals surface area contributed by atoms with E-state index in [9.17, 15) is 9.90 Å². The fourth-order valence-electron chi connectivity index (χ4n) is 2.65. The van der Waals surface area contributed by atoms with Gasteiger partial charge in [0.2, 0.25) is 5.91 Å². The molecule has 0 saturated carbocycles. The van der Waals surface area contributed by atoms with E-state index in [1.54, 1.807) is 23.4 Å². The van der Waals surface area contributed by atoms with Crippen molar-refractivity contribution in [3.63, 3.8) is 0 Å². The number of aryl methyl sites for hydroxylation is 1. The molecule has 1 aliphatic heterocycles. The lowest BCUT2D eigenvalue weighted by atomic mass is 10.00. The van der Waals surface area contributed by atoms with Gasteiger partial charge in [0, 0.05) is 18.9 Å². The Morgan fingerprint density at radius 2 is 2.05 bits per heavy atom. The van der Waals surface area contributed by atoms with Gasteiger partial charge in [-0.15, -0.1) is 0 Å². The van der Waals surface area contributed by atoms with Crippen LogP contribution in [0, 0.1) is 0 Å². The van der Waals surface area contributed by atoms with Crippen LogP contribution in [0.4, 0.5) is 5.69 Å². The Bertz CT molecular complexity index is 626. The first-order chi connectivity index (χ1) is 9.75. The van der Waals surface area contributed by atoms with Crippen molar-refractivity contribution in [2.24, 2.45) is 0 Å². The molecule has 0 atom stereocenters. The van der Waals surface area contributed by atoms with E-state index < -0.39 is 0 Å². The van der Waals surface area contributed by atoms with Crippen LogP contribution in [-0.4, -0.2) is 22.5 Å². The average molecular weight is 268 g/mol. The highest BCUT2D eigenvalue weighted by Crippen LogP contribution is 2.35. The first-order valence-corrected chi connectivity index (χ1v) is 6.76. The fourth-order valence-corrected chi connectivity index (χ4v) is 2.65. The summed E-state index contributed by atoms with van der Waals surface area (Å²) in [6.45, 7) is 0.661. The van der Waals surface area contributed by atoms with Crippen LogP contribution in [0.5, 0.6) is 5.75 Å². The Morgan fingerprint density at radius 3 is 2.85 bits per heavy atom. The van der Waals surface area contributed by atoms with Gasteiger partial charge in [0.1, 0.15) is 5.75 Å². The van der Waals surface area contributed by atoms with Crippen molar-refractivity contribution in [2.75, 3.05) is 11.4 Å². The second-order valence-electron chi connectivity index (χ2n) is 4.97. The number of phenols is 1. The van der Waals surface area contributed by atoms with Gasteiger partial charge in [-0.25, -0.2) is 0 Å². The number of rotatable bonds is 2. The quantitative estimate of drug-likeness (QED) is 0.909. The van der Waals surface area contributed by atoms with Gasteiger partial charge in [-0.05, 0) is 42.2 Å². The third-order valence-corrected chi connectivity index (χ3v) is 3.60. The maximum atomic E-state index is 12.5. The first kappa shape index (κ1) is 12.7. The number of hydrogen-bond acceptors (Lipinski definition) is 3. The Labute approximate surface area is 117 Å². The fraction of sp³-hybridized carbons (Fsp3) is 0.250. The molecular weight excluding hydrogens is 252 g/mol. The molecule has 0 fully saturated rings. The zero-order valence-electron chi connectivity index (χ0n) is 11.1. The molecule has 20 heavy (non-hydrogen) atoms. The first-order valence-electron chi connectivity index (χ1n) is 6.76. The van der Waals surface area contributed by atoms with Crippen LogP contribution in [0.25, 0.3) is 0 Å². The molecule has 2 aromatic rings. The molecule has 1 amide bonds. The van der Waals surface area contributed by atoms with Gasteiger partial charge in [-0.3, -0.25) is 9.78 Å². The van der Waals surface area contributed by atoms with E-state index in [2.05, 4.69) is 4.98 Å². The van der Waals surface area contributed by atoms with Gasteiger partial charge in [0.15, 0.2) is 0 Å². The van der Waals surface area contributed by atoms with Crippen LogP contribution in [0.1, 0.15) is 17.5 Å².